The molecule has 0 saturated carbocycles. The van der Waals surface area contributed by atoms with E-state index in [0.717, 1.165) is 12.5 Å². The predicted molar refractivity (Wildman–Crippen MR) is 41.4 cm³/mol. The maximum Gasteiger partial charge on any atom is 0.0379 e. The van der Waals surface area contributed by atoms with E-state index in [0.29, 0.717) is 0 Å². The molecule has 1 atom stereocenters. The third-order valence-corrected chi connectivity index (χ3v) is 2.60. The standard InChI is InChI=1S/C9H9N/c1-2-9-8-5-6(1)7(8)3-4-10-9/h1-2,5,7,10H,3-4H2. The summed E-state index contributed by atoms with van der Waals surface area (Å²) in [6.45, 7) is 1.16. The van der Waals surface area contributed by atoms with Crippen LogP contribution >= 0.6 is 0 Å². The van der Waals surface area contributed by atoms with Crippen molar-refractivity contribution in [2.24, 2.45) is 0 Å². The molecule has 0 aromatic heterocycles. The third-order valence-electron chi connectivity index (χ3n) is 2.60. The van der Waals surface area contributed by atoms with Crippen LogP contribution in [0.2, 0.25) is 0 Å². The normalized spacial score (nSPS) is 25.0. The van der Waals surface area contributed by atoms with Gasteiger partial charge in [0.15, 0.2) is 0 Å². The van der Waals surface area contributed by atoms with Gasteiger partial charge in [-0.05, 0) is 23.6 Å². The second-order valence-corrected chi connectivity index (χ2v) is 3.11. The molecule has 1 N–H and O–H groups in total. The van der Waals surface area contributed by atoms with Gasteiger partial charge in [0, 0.05) is 18.2 Å². The Morgan fingerprint density at radius 3 is 3.10 bits per heavy atom. The van der Waals surface area contributed by atoms with Gasteiger partial charge in [-0.3, -0.25) is 0 Å². The van der Waals surface area contributed by atoms with Gasteiger partial charge in [0.1, 0.15) is 0 Å². The quantitative estimate of drug-likeness (QED) is 0.567. The van der Waals surface area contributed by atoms with E-state index in [1.165, 1.54) is 12.1 Å². The summed E-state index contributed by atoms with van der Waals surface area (Å²) < 4.78 is 0. The Morgan fingerprint density at radius 1 is 1.40 bits per heavy atom. The Labute approximate surface area is 60.1 Å². The Kier molecular flexibility index (Phi) is 0.652. The lowest BCUT2D eigenvalue weighted by Crippen LogP contribution is -2.23. The SMILES string of the molecule is C1=CC2=C3C=C1C3CCN2. The molecule has 1 aliphatic heterocycles. The van der Waals surface area contributed by atoms with Crippen molar-refractivity contribution in [2.75, 3.05) is 11.9 Å². The van der Waals surface area contributed by atoms with Crippen molar-refractivity contribution in [2.45, 2.75) is 12.3 Å². The highest BCUT2D eigenvalue weighted by Crippen LogP contribution is 2.45. The summed E-state index contributed by atoms with van der Waals surface area (Å²) in [7, 11) is 0. The van der Waals surface area contributed by atoms with Crippen LogP contribution in [0.4, 0.5) is 5.69 Å². The summed E-state index contributed by atoms with van der Waals surface area (Å²) in [6.07, 6.45) is 1.30. The molecule has 1 aromatic carbocycles. The molecular formula is C9H9N. The highest BCUT2D eigenvalue weighted by atomic mass is 14.9. The average Bonchev–Trinajstić information content (AvgIpc) is 1.96. The van der Waals surface area contributed by atoms with Crippen molar-refractivity contribution in [3.63, 3.8) is 0 Å². The fourth-order valence-electron chi connectivity index (χ4n) is 2.00. The smallest absolute Gasteiger partial charge is 0.0379 e. The van der Waals surface area contributed by atoms with Crippen LogP contribution in [0.5, 0.6) is 0 Å². The fraction of sp³-hybridized carbons (Fsp3) is 0.333. The van der Waals surface area contributed by atoms with E-state index in [9.17, 15) is 0 Å². The van der Waals surface area contributed by atoms with Crippen molar-refractivity contribution in [1.29, 1.82) is 0 Å². The molecule has 0 spiro atoms. The van der Waals surface area contributed by atoms with E-state index in [4.69, 9.17) is 0 Å². The second kappa shape index (κ2) is 1.36. The summed E-state index contributed by atoms with van der Waals surface area (Å²) in [5.41, 5.74) is 4.45. The van der Waals surface area contributed by atoms with Gasteiger partial charge < -0.3 is 5.32 Å². The molecule has 3 aliphatic rings. The minimum Gasteiger partial charge on any atom is -0.385 e. The average molecular weight is 131 g/mol. The number of nitrogens with one attached hydrogen (secondary N) is 1. The summed E-state index contributed by atoms with van der Waals surface area (Å²) in [5.74, 6) is 0.807. The maximum atomic E-state index is 3.39. The largest absolute Gasteiger partial charge is 0.385 e. The van der Waals surface area contributed by atoms with Crippen molar-refractivity contribution in [1.82, 2.24) is 0 Å². The Balaban J connectivity index is 2.30. The van der Waals surface area contributed by atoms with E-state index in [1.807, 2.05) is 0 Å². The lowest BCUT2D eigenvalue weighted by molar-refractivity contribution is 0.680. The van der Waals surface area contributed by atoms with Crippen LogP contribution < -0.4 is 5.32 Å². The third kappa shape index (κ3) is 0.376. The number of fused-ring (bicyclic) bond motifs is 1. The van der Waals surface area contributed by atoms with E-state index in [2.05, 4.69) is 23.5 Å². The zero-order valence-electron chi connectivity index (χ0n) is 5.72. The molecule has 50 valence electrons. The molecule has 1 heterocycles. The van der Waals surface area contributed by atoms with E-state index >= 15 is 0 Å². The minimum atomic E-state index is 0.807. The number of hydrogen-bond acceptors (Lipinski definition) is 1. The molecule has 0 amide bonds. The van der Waals surface area contributed by atoms with Gasteiger partial charge in [0.2, 0.25) is 0 Å². The number of benzene rings is 1. The fourth-order valence-corrected chi connectivity index (χ4v) is 2.00. The van der Waals surface area contributed by atoms with Crippen LogP contribution in [0, 0.1) is 0 Å². The maximum absolute atomic E-state index is 3.39. The van der Waals surface area contributed by atoms with E-state index in [-0.39, 0.29) is 0 Å². The molecule has 4 bridgehead atoms. The van der Waals surface area contributed by atoms with E-state index in [1.54, 1.807) is 11.1 Å². The van der Waals surface area contributed by atoms with Gasteiger partial charge in [-0.2, -0.15) is 0 Å². The highest BCUT2D eigenvalue weighted by molar-refractivity contribution is 5.65. The molecule has 10 heavy (non-hydrogen) atoms. The lowest BCUT2D eigenvalue weighted by atomic mass is 9.75. The van der Waals surface area contributed by atoms with Crippen LogP contribution in [-0.2, 0) is 0 Å². The van der Waals surface area contributed by atoms with Crippen LogP contribution in [0.25, 0.3) is 0 Å². The van der Waals surface area contributed by atoms with Gasteiger partial charge in [-0.15, -0.1) is 0 Å². The lowest BCUT2D eigenvalue weighted by Gasteiger charge is -2.35. The molecule has 2 aliphatic carbocycles. The molecule has 0 radical (unpaired) electrons. The van der Waals surface area contributed by atoms with Gasteiger partial charge in [-0.25, -0.2) is 0 Å². The Bertz CT molecular complexity index is 282. The second-order valence-electron chi connectivity index (χ2n) is 3.11. The first-order valence-corrected chi connectivity index (χ1v) is 3.83. The molecule has 4 rings (SSSR count). The molecule has 1 unspecified atom stereocenters. The molecule has 1 nitrogen and oxygen atoms in total. The van der Waals surface area contributed by atoms with Crippen molar-refractivity contribution in [3.8, 4) is 0 Å². The minimum absolute atomic E-state index is 0.807. The van der Waals surface area contributed by atoms with Gasteiger partial charge in [0.05, 0.1) is 0 Å². The number of anilines is 1. The first-order valence-electron chi connectivity index (χ1n) is 3.83. The summed E-state index contributed by atoms with van der Waals surface area (Å²) in [4.78, 5) is 0. The molecule has 0 fully saturated rings. The van der Waals surface area contributed by atoms with Crippen LogP contribution in [0.3, 0.4) is 0 Å². The molecule has 1 heteroatoms. The van der Waals surface area contributed by atoms with Crippen LogP contribution in [0.15, 0.2) is 18.2 Å². The van der Waals surface area contributed by atoms with E-state index < -0.39 is 0 Å². The molecule has 1 aromatic rings. The first-order chi connectivity index (χ1) is 4.95. The first kappa shape index (κ1) is 4.78. The molecule has 0 saturated heterocycles. The summed E-state index contributed by atoms with van der Waals surface area (Å²) >= 11 is 0. The zero-order valence-corrected chi connectivity index (χ0v) is 5.72. The van der Waals surface area contributed by atoms with Gasteiger partial charge >= 0.3 is 0 Å². The predicted octanol–water partition coefficient (Wildman–Crippen LogP) is 1.95. The van der Waals surface area contributed by atoms with Crippen molar-refractivity contribution < 1.29 is 0 Å². The summed E-state index contributed by atoms with van der Waals surface area (Å²) in [5, 5.41) is 3.39. The zero-order chi connectivity index (χ0) is 6.55. The number of hydrogen-bond donors (Lipinski definition) is 1. The van der Waals surface area contributed by atoms with Crippen molar-refractivity contribution in [3.05, 3.63) is 29.3 Å². The Morgan fingerprint density at radius 2 is 2.40 bits per heavy atom. The monoisotopic (exact) mass is 131 g/mol. The van der Waals surface area contributed by atoms with Crippen molar-refractivity contribution >= 4 is 5.69 Å². The van der Waals surface area contributed by atoms with Gasteiger partial charge in [0.25, 0.3) is 0 Å². The topological polar surface area (TPSA) is 12.0 Å². The number of rotatable bonds is 0. The molecular weight excluding hydrogens is 122 g/mol. The van der Waals surface area contributed by atoms with Gasteiger partial charge in [-0.1, -0.05) is 12.1 Å². The highest BCUT2D eigenvalue weighted by Gasteiger charge is 2.29. The Hall–Kier alpha value is -0.980. The van der Waals surface area contributed by atoms with Crippen LogP contribution in [-0.4, -0.2) is 6.54 Å². The summed E-state index contributed by atoms with van der Waals surface area (Å²) in [6, 6.07) is 6.73. The van der Waals surface area contributed by atoms with Crippen LogP contribution in [0.1, 0.15) is 23.5 Å².